The van der Waals surface area contributed by atoms with Crippen molar-refractivity contribution in [1.82, 2.24) is 4.90 Å². The van der Waals surface area contributed by atoms with Crippen LogP contribution in [0.25, 0.3) is 0 Å². The van der Waals surface area contributed by atoms with Crippen LogP contribution in [0, 0.1) is 5.92 Å². The molecular formula is C15H20ClNO. The third-order valence-electron chi connectivity index (χ3n) is 3.74. The average molecular weight is 266 g/mol. The molecule has 0 aliphatic carbocycles. The number of carbonyl (C=O) groups is 1. The molecule has 1 unspecified atom stereocenters. The molecule has 1 fully saturated rings. The fourth-order valence-corrected chi connectivity index (χ4v) is 2.74. The first-order chi connectivity index (χ1) is 8.66. The minimum atomic E-state index is 0.219. The standard InChI is InChI=1S/C15H20ClNO/c1-12(16)14-7-9-17(10-8-14)15(18)11-13-5-3-2-4-6-13/h2-6,12,14H,7-11H2,1H3. The molecule has 1 heterocycles. The zero-order valence-corrected chi connectivity index (χ0v) is 11.6. The molecule has 98 valence electrons. The van der Waals surface area contributed by atoms with Crippen molar-refractivity contribution in [3.05, 3.63) is 35.9 Å². The fraction of sp³-hybridized carbons (Fsp3) is 0.533. The third-order valence-corrected chi connectivity index (χ3v) is 4.10. The summed E-state index contributed by atoms with van der Waals surface area (Å²) in [6.07, 6.45) is 2.58. The molecule has 1 aromatic carbocycles. The number of hydrogen-bond donors (Lipinski definition) is 0. The molecule has 1 atom stereocenters. The quantitative estimate of drug-likeness (QED) is 0.769. The van der Waals surface area contributed by atoms with E-state index >= 15 is 0 Å². The SMILES string of the molecule is CC(Cl)C1CCN(C(=O)Cc2ccccc2)CC1. The molecule has 1 aliphatic rings. The van der Waals surface area contributed by atoms with Gasteiger partial charge in [-0.2, -0.15) is 0 Å². The molecule has 2 rings (SSSR count). The molecule has 18 heavy (non-hydrogen) atoms. The summed E-state index contributed by atoms with van der Waals surface area (Å²) in [5, 5.41) is 0.219. The van der Waals surface area contributed by atoms with Crippen LogP contribution in [0.4, 0.5) is 0 Å². The van der Waals surface area contributed by atoms with Gasteiger partial charge in [0.25, 0.3) is 0 Å². The maximum atomic E-state index is 12.1. The minimum Gasteiger partial charge on any atom is -0.342 e. The summed E-state index contributed by atoms with van der Waals surface area (Å²) < 4.78 is 0. The van der Waals surface area contributed by atoms with Crippen molar-refractivity contribution in [2.24, 2.45) is 5.92 Å². The Hall–Kier alpha value is -1.02. The van der Waals surface area contributed by atoms with Crippen LogP contribution < -0.4 is 0 Å². The predicted molar refractivity (Wildman–Crippen MR) is 74.8 cm³/mol. The Kier molecular flexibility index (Phi) is 4.65. The molecule has 1 aromatic rings. The molecule has 0 bridgehead atoms. The van der Waals surface area contributed by atoms with Gasteiger partial charge in [-0.25, -0.2) is 0 Å². The van der Waals surface area contributed by atoms with Crippen LogP contribution in [0.2, 0.25) is 0 Å². The van der Waals surface area contributed by atoms with Crippen molar-refractivity contribution >= 4 is 17.5 Å². The normalized spacial score (nSPS) is 18.7. The van der Waals surface area contributed by atoms with Gasteiger partial charge in [0.2, 0.25) is 5.91 Å². The van der Waals surface area contributed by atoms with Crippen LogP contribution in [0.1, 0.15) is 25.3 Å². The monoisotopic (exact) mass is 265 g/mol. The number of alkyl halides is 1. The number of nitrogens with zero attached hydrogens (tertiary/aromatic N) is 1. The predicted octanol–water partition coefficient (Wildman–Crippen LogP) is 3.10. The number of rotatable bonds is 3. The van der Waals surface area contributed by atoms with Gasteiger partial charge in [0, 0.05) is 18.5 Å². The van der Waals surface area contributed by atoms with E-state index in [1.165, 1.54) is 0 Å². The van der Waals surface area contributed by atoms with E-state index < -0.39 is 0 Å². The van der Waals surface area contributed by atoms with Crippen molar-refractivity contribution in [3.8, 4) is 0 Å². The van der Waals surface area contributed by atoms with E-state index in [0.717, 1.165) is 31.5 Å². The Morgan fingerprint density at radius 2 is 1.94 bits per heavy atom. The van der Waals surface area contributed by atoms with E-state index in [2.05, 4.69) is 0 Å². The number of halogens is 1. The van der Waals surface area contributed by atoms with Crippen LogP contribution in [0.15, 0.2) is 30.3 Å². The topological polar surface area (TPSA) is 20.3 Å². The van der Waals surface area contributed by atoms with E-state index in [0.29, 0.717) is 12.3 Å². The number of amides is 1. The molecule has 0 spiro atoms. The van der Waals surface area contributed by atoms with Gasteiger partial charge in [0.15, 0.2) is 0 Å². The summed E-state index contributed by atoms with van der Waals surface area (Å²) in [7, 11) is 0. The van der Waals surface area contributed by atoms with Crippen LogP contribution in [0.3, 0.4) is 0 Å². The third kappa shape index (κ3) is 3.49. The molecule has 0 saturated carbocycles. The lowest BCUT2D eigenvalue weighted by molar-refractivity contribution is -0.131. The summed E-state index contributed by atoms with van der Waals surface area (Å²) in [6.45, 7) is 3.76. The molecule has 1 saturated heterocycles. The molecule has 2 nitrogen and oxygen atoms in total. The van der Waals surface area contributed by atoms with Crippen LogP contribution >= 0.6 is 11.6 Å². The smallest absolute Gasteiger partial charge is 0.226 e. The molecule has 1 amide bonds. The maximum absolute atomic E-state index is 12.1. The lowest BCUT2D eigenvalue weighted by atomic mass is 9.93. The number of carbonyl (C=O) groups excluding carboxylic acids is 1. The zero-order chi connectivity index (χ0) is 13.0. The highest BCUT2D eigenvalue weighted by Crippen LogP contribution is 2.24. The summed E-state index contributed by atoms with van der Waals surface area (Å²) in [5.74, 6) is 0.800. The molecular weight excluding hydrogens is 246 g/mol. The second-order valence-corrected chi connectivity index (χ2v) is 5.75. The number of likely N-dealkylation sites (tertiary alicyclic amines) is 1. The number of piperidine rings is 1. The highest BCUT2D eigenvalue weighted by Gasteiger charge is 2.25. The highest BCUT2D eigenvalue weighted by molar-refractivity contribution is 6.20. The fourth-order valence-electron chi connectivity index (χ4n) is 2.49. The van der Waals surface area contributed by atoms with Crippen molar-refractivity contribution < 1.29 is 4.79 Å². The first-order valence-electron chi connectivity index (χ1n) is 6.62. The van der Waals surface area contributed by atoms with E-state index in [9.17, 15) is 4.79 Å². The van der Waals surface area contributed by atoms with Crippen molar-refractivity contribution in [3.63, 3.8) is 0 Å². The van der Waals surface area contributed by atoms with Crippen LogP contribution in [-0.4, -0.2) is 29.3 Å². The van der Waals surface area contributed by atoms with Gasteiger partial charge >= 0.3 is 0 Å². The van der Waals surface area contributed by atoms with Gasteiger partial charge in [-0.15, -0.1) is 11.6 Å². The Bertz CT molecular complexity index is 383. The van der Waals surface area contributed by atoms with Crippen LogP contribution in [0.5, 0.6) is 0 Å². The van der Waals surface area contributed by atoms with Gasteiger partial charge in [0.05, 0.1) is 6.42 Å². The van der Waals surface area contributed by atoms with Gasteiger partial charge in [-0.3, -0.25) is 4.79 Å². The zero-order valence-electron chi connectivity index (χ0n) is 10.8. The van der Waals surface area contributed by atoms with E-state index in [1.807, 2.05) is 42.2 Å². The minimum absolute atomic E-state index is 0.219. The average Bonchev–Trinajstić information content (AvgIpc) is 2.40. The second-order valence-electron chi connectivity index (χ2n) is 5.06. The van der Waals surface area contributed by atoms with Crippen molar-refractivity contribution in [1.29, 1.82) is 0 Å². The second kappa shape index (κ2) is 6.24. The van der Waals surface area contributed by atoms with E-state index in [-0.39, 0.29) is 11.3 Å². The summed E-state index contributed by atoms with van der Waals surface area (Å²) in [6, 6.07) is 9.94. The van der Waals surface area contributed by atoms with Gasteiger partial charge < -0.3 is 4.90 Å². The Morgan fingerprint density at radius 1 is 1.33 bits per heavy atom. The van der Waals surface area contributed by atoms with Crippen molar-refractivity contribution in [2.75, 3.05) is 13.1 Å². The van der Waals surface area contributed by atoms with E-state index in [4.69, 9.17) is 11.6 Å². The molecule has 0 N–H and O–H groups in total. The highest BCUT2D eigenvalue weighted by atomic mass is 35.5. The Balaban J connectivity index is 1.85. The molecule has 0 aromatic heterocycles. The summed E-state index contributed by atoms with van der Waals surface area (Å²) in [4.78, 5) is 14.1. The summed E-state index contributed by atoms with van der Waals surface area (Å²) in [5.41, 5.74) is 1.09. The maximum Gasteiger partial charge on any atom is 0.226 e. The largest absolute Gasteiger partial charge is 0.342 e. The Labute approximate surface area is 114 Å². The molecule has 1 aliphatic heterocycles. The van der Waals surface area contributed by atoms with Gasteiger partial charge in [0.1, 0.15) is 0 Å². The first kappa shape index (κ1) is 13.4. The summed E-state index contributed by atoms with van der Waals surface area (Å²) >= 11 is 6.11. The van der Waals surface area contributed by atoms with Crippen molar-refractivity contribution in [2.45, 2.75) is 31.6 Å². The number of benzene rings is 1. The Morgan fingerprint density at radius 3 is 2.50 bits per heavy atom. The van der Waals surface area contributed by atoms with Gasteiger partial charge in [-0.1, -0.05) is 30.3 Å². The van der Waals surface area contributed by atoms with Gasteiger partial charge in [-0.05, 0) is 31.2 Å². The first-order valence-corrected chi connectivity index (χ1v) is 7.06. The van der Waals surface area contributed by atoms with Crippen LogP contribution in [-0.2, 0) is 11.2 Å². The lowest BCUT2D eigenvalue weighted by Crippen LogP contribution is -2.40. The molecule has 3 heteroatoms. The lowest BCUT2D eigenvalue weighted by Gasteiger charge is -2.33. The number of hydrogen-bond acceptors (Lipinski definition) is 1. The van der Waals surface area contributed by atoms with E-state index in [1.54, 1.807) is 0 Å². The molecule has 0 radical (unpaired) electrons.